The van der Waals surface area contributed by atoms with Crippen molar-refractivity contribution in [3.63, 3.8) is 0 Å². The monoisotopic (exact) mass is 396 g/mol. The van der Waals surface area contributed by atoms with E-state index < -0.39 is 0 Å². The van der Waals surface area contributed by atoms with Gasteiger partial charge in [0, 0.05) is 18.7 Å². The third-order valence-electron chi connectivity index (χ3n) is 5.42. The Balaban J connectivity index is 0.00000261. The lowest BCUT2D eigenvalue weighted by atomic mass is 9.92. The van der Waals surface area contributed by atoms with Crippen LogP contribution in [-0.2, 0) is 0 Å². The number of fused-ring (bicyclic) bond motifs is 1. The van der Waals surface area contributed by atoms with Crippen molar-refractivity contribution in [3.8, 4) is 11.5 Å². The van der Waals surface area contributed by atoms with Crippen LogP contribution >= 0.6 is 12.4 Å². The van der Waals surface area contributed by atoms with Gasteiger partial charge in [-0.15, -0.1) is 12.4 Å². The molecule has 2 aliphatic rings. The summed E-state index contributed by atoms with van der Waals surface area (Å²) < 4.78 is 11.6. The number of carbonyl (C=O) groups is 1. The van der Waals surface area contributed by atoms with Crippen LogP contribution in [0.2, 0.25) is 0 Å². The lowest BCUT2D eigenvalue weighted by Crippen LogP contribution is -2.32. The van der Waals surface area contributed by atoms with Crippen LogP contribution in [0.3, 0.4) is 0 Å². The number of benzene rings is 1. The lowest BCUT2D eigenvalue weighted by molar-refractivity contribution is 0.0758. The van der Waals surface area contributed by atoms with Crippen molar-refractivity contribution in [2.75, 3.05) is 39.4 Å². The van der Waals surface area contributed by atoms with Crippen LogP contribution in [0.15, 0.2) is 18.2 Å². The Morgan fingerprint density at radius 1 is 1.04 bits per heavy atom. The highest BCUT2D eigenvalue weighted by molar-refractivity contribution is 5.95. The maximum absolute atomic E-state index is 13.0. The number of carbonyl (C=O) groups excluding carboxylic acids is 1. The molecule has 2 saturated heterocycles. The first-order valence-electron chi connectivity index (χ1n) is 10.1. The second-order valence-electron chi connectivity index (χ2n) is 7.41. The van der Waals surface area contributed by atoms with Crippen molar-refractivity contribution < 1.29 is 14.3 Å². The number of ether oxygens (including phenoxy) is 2. The van der Waals surface area contributed by atoms with Crippen LogP contribution in [0.4, 0.5) is 0 Å². The molecule has 0 radical (unpaired) electrons. The molecule has 1 aromatic carbocycles. The summed E-state index contributed by atoms with van der Waals surface area (Å²) in [5.41, 5.74) is 0.699. The van der Waals surface area contributed by atoms with Crippen LogP contribution < -0.4 is 14.8 Å². The number of halogens is 1. The summed E-state index contributed by atoms with van der Waals surface area (Å²) in [7, 11) is 0. The fraction of sp³-hybridized carbons (Fsp3) is 0.667. The Morgan fingerprint density at radius 2 is 1.63 bits per heavy atom. The summed E-state index contributed by atoms with van der Waals surface area (Å²) >= 11 is 0. The van der Waals surface area contributed by atoms with E-state index in [4.69, 9.17) is 9.47 Å². The van der Waals surface area contributed by atoms with Gasteiger partial charge < -0.3 is 19.7 Å². The van der Waals surface area contributed by atoms with Gasteiger partial charge in [0.1, 0.15) is 0 Å². The second kappa shape index (κ2) is 10.8. The largest absolute Gasteiger partial charge is 0.490 e. The standard InChI is InChI=1S/C21H32N2O3.ClH/c1-3-11-25-19-6-5-16(13-20(19)26-12-4-2)21(24)23-9-7-17-14-22-15-18(17)8-10-23;/h5-6,13,17-18,22H,3-4,7-12,14-15H2,1-2H3;1H/t17-,18+;. The zero-order valence-electron chi connectivity index (χ0n) is 16.5. The highest BCUT2D eigenvalue weighted by atomic mass is 35.5. The van der Waals surface area contributed by atoms with Crippen molar-refractivity contribution in [3.05, 3.63) is 23.8 Å². The number of hydrogen-bond acceptors (Lipinski definition) is 4. The minimum Gasteiger partial charge on any atom is -0.490 e. The molecule has 2 heterocycles. The molecule has 0 unspecified atom stereocenters. The van der Waals surface area contributed by atoms with Crippen LogP contribution in [-0.4, -0.2) is 50.2 Å². The molecule has 1 amide bonds. The van der Waals surface area contributed by atoms with E-state index in [-0.39, 0.29) is 18.3 Å². The van der Waals surface area contributed by atoms with Gasteiger partial charge in [0.05, 0.1) is 13.2 Å². The number of nitrogens with one attached hydrogen (secondary N) is 1. The normalized spacial score (nSPS) is 21.8. The number of amides is 1. The zero-order valence-corrected chi connectivity index (χ0v) is 17.4. The van der Waals surface area contributed by atoms with Gasteiger partial charge in [-0.25, -0.2) is 0 Å². The van der Waals surface area contributed by atoms with Crippen molar-refractivity contribution in [2.24, 2.45) is 11.8 Å². The Hall–Kier alpha value is -1.46. The lowest BCUT2D eigenvalue weighted by Gasteiger charge is -2.22. The second-order valence-corrected chi connectivity index (χ2v) is 7.41. The maximum atomic E-state index is 13.0. The summed E-state index contributed by atoms with van der Waals surface area (Å²) in [6.07, 6.45) is 4.06. The summed E-state index contributed by atoms with van der Waals surface area (Å²) in [6.45, 7) is 9.33. The molecule has 2 aliphatic heterocycles. The third-order valence-corrected chi connectivity index (χ3v) is 5.42. The van der Waals surface area contributed by atoms with Gasteiger partial charge in [-0.1, -0.05) is 13.8 Å². The topological polar surface area (TPSA) is 50.8 Å². The highest BCUT2D eigenvalue weighted by Gasteiger charge is 2.31. The molecule has 2 atom stereocenters. The molecule has 0 bridgehead atoms. The van der Waals surface area contributed by atoms with Gasteiger partial charge in [-0.05, 0) is 68.8 Å². The van der Waals surface area contributed by atoms with E-state index in [0.29, 0.717) is 24.5 Å². The number of likely N-dealkylation sites (tertiary alicyclic amines) is 1. The molecular weight excluding hydrogens is 364 g/mol. The van der Waals surface area contributed by atoms with Crippen LogP contribution in [0.5, 0.6) is 11.5 Å². The molecule has 0 aliphatic carbocycles. The van der Waals surface area contributed by atoms with Gasteiger partial charge in [0.25, 0.3) is 5.91 Å². The maximum Gasteiger partial charge on any atom is 0.253 e. The van der Waals surface area contributed by atoms with Crippen molar-refractivity contribution in [1.29, 1.82) is 0 Å². The van der Waals surface area contributed by atoms with Crippen molar-refractivity contribution in [2.45, 2.75) is 39.5 Å². The van der Waals surface area contributed by atoms with E-state index in [1.165, 1.54) is 0 Å². The van der Waals surface area contributed by atoms with Gasteiger partial charge in [-0.2, -0.15) is 0 Å². The Labute approximate surface area is 169 Å². The third kappa shape index (κ3) is 5.52. The van der Waals surface area contributed by atoms with Gasteiger partial charge in [0.2, 0.25) is 0 Å². The molecule has 0 aromatic heterocycles. The van der Waals surface area contributed by atoms with Crippen LogP contribution in [0.25, 0.3) is 0 Å². The Kier molecular flexibility index (Phi) is 8.71. The molecule has 3 rings (SSSR count). The SMILES string of the molecule is CCCOc1ccc(C(=O)N2CC[C@@H]3CNC[C@@H]3CC2)cc1OCCC.Cl. The van der Waals surface area contributed by atoms with Crippen LogP contribution in [0, 0.1) is 11.8 Å². The Bertz CT molecular complexity index is 597. The number of rotatable bonds is 7. The van der Waals surface area contributed by atoms with E-state index in [2.05, 4.69) is 19.2 Å². The van der Waals surface area contributed by atoms with Gasteiger partial charge in [0.15, 0.2) is 11.5 Å². The van der Waals surface area contributed by atoms with E-state index >= 15 is 0 Å². The molecule has 0 spiro atoms. The first-order chi connectivity index (χ1) is 12.7. The number of nitrogens with zero attached hydrogens (tertiary/aromatic N) is 1. The average molecular weight is 397 g/mol. The molecule has 5 nitrogen and oxygen atoms in total. The molecule has 1 N–H and O–H groups in total. The fourth-order valence-electron chi connectivity index (χ4n) is 3.90. The minimum atomic E-state index is 0. The average Bonchev–Trinajstić information content (AvgIpc) is 3.02. The predicted octanol–water partition coefficient (Wildman–Crippen LogP) is 3.76. The fourth-order valence-corrected chi connectivity index (χ4v) is 3.90. The first-order valence-corrected chi connectivity index (χ1v) is 10.1. The van der Waals surface area contributed by atoms with Gasteiger partial charge >= 0.3 is 0 Å². The van der Waals surface area contributed by atoms with E-state index in [9.17, 15) is 4.79 Å². The molecule has 1 aromatic rings. The molecule has 152 valence electrons. The summed E-state index contributed by atoms with van der Waals surface area (Å²) in [4.78, 5) is 15.1. The summed E-state index contributed by atoms with van der Waals surface area (Å²) in [6, 6.07) is 5.61. The smallest absolute Gasteiger partial charge is 0.253 e. The van der Waals surface area contributed by atoms with E-state index in [1.54, 1.807) is 0 Å². The van der Waals surface area contributed by atoms with Crippen LogP contribution in [0.1, 0.15) is 49.9 Å². The first kappa shape index (κ1) is 21.8. The molecule has 2 fully saturated rings. The number of hydrogen-bond donors (Lipinski definition) is 1. The highest BCUT2D eigenvalue weighted by Crippen LogP contribution is 2.31. The van der Waals surface area contributed by atoms with E-state index in [1.807, 2.05) is 23.1 Å². The summed E-state index contributed by atoms with van der Waals surface area (Å²) in [5, 5.41) is 3.48. The van der Waals surface area contributed by atoms with Crippen molar-refractivity contribution in [1.82, 2.24) is 10.2 Å². The van der Waals surface area contributed by atoms with Gasteiger partial charge in [-0.3, -0.25) is 4.79 Å². The molecule has 0 saturated carbocycles. The Morgan fingerprint density at radius 3 is 2.22 bits per heavy atom. The summed E-state index contributed by atoms with van der Waals surface area (Å²) in [5.74, 6) is 2.97. The van der Waals surface area contributed by atoms with E-state index in [0.717, 1.165) is 69.4 Å². The predicted molar refractivity (Wildman–Crippen MR) is 110 cm³/mol. The minimum absolute atomic E-state index is 0. The molecule has 6 heteroatoms. The molecular formula is C21H33ClN2O3. The quantitative estimate of drug-likeness (QED) is 0.762. The zero-order chi connectivity index (χ0) is 18.4. The van der Waals surface area contributed by atoms with Crippen molar-refractivity contribution >= 4 is 18.3 Å². The molecule has 27 heavy (non-hydrogen) atoms.